The van der Waals surface area contributed by atoms with E-state index in [-0.39, 0.29) is 18.9 Å². The number of urea groups is 1. The smallest absolute Gasteiger partial charge is 0.319 e. The van der Waals surface area contributed by atoms with Crippen molar-refractivity contribution in [3.05, 3.63) is 34.9 Å². The van der Waals surface area contributed by atoms with Gasteiger partial charge in [0.1, 0.15) is 5.54 Å². The molecule has 2 atom stereocenters. The number of hydrogen-bond donors (Lipinski definition) is 1. The first-order valence-corrected chi connectivity index (χ1v) is 8.52. The molecule has 6 heteroatoms. The molecule has 0 unspecified atom stereocenters. The summed E-state index contributed by atoms with van der Waals surface area (Å²) >= 11 is 0. The average molecular weight is 336 g/mol. The van der Waals surface area contributed by atoms with Crippen molar-refractivity contribution in [1.29, 1.82) is 10.5 Å². The quantitative estimate of drug-likeness (QED) is 0.835. The van der Waals surface area contributed by atoms with Gasteiger partial charge in [0.05, 0.1) is 18.1 Å². The van der Waals surface area contributed by atoms with Crippen molar-refractivity contribution in [2.75, 3.05) is 6.54 Å². The molecular weight excluding hydrogens is 316 g/mol. The van der Waals surface area contributed by atoms with Crippen molar-refractivity contribution < 1.29 is 9.59 Å². The Kier molecular flexibility index (Phi) is 4.46. The molecule has 2 aliphatic rings. The van der Waals surface area contributed by atoms with Crippen LogP contribution in [0.5, 0.6) is 0 Å². The number of nitrogens with zero attached hydrogens (tertiary/aromatic N) is 3. The van der Waals surface area contributed by atoms with Crippen molar-refractivity contribution in [2.45, 2.75) is 44.6 Å². The van der Waals surface area contributed by atoms with Gasteiger partial charge in [-0.15, -0.1) is 0 Å². The predicted octanol–water partition coefficient (Wildman–Crippen LogP) is 2.39. The summed E-state index contributed by atoms with van der Waals surface area (Å²) in [6.45, 7) is 1.73. The maximum atomic E-state index is 12.9. The van der Waals surface area contributed by atoms with Crippen LogP contribution in [0.3, 0.4) is 0 Å². The SMILES string of the molecule is C[C@]1(c2ccc3c(c2)CCC3)NC(=O)N(C[C@H](C#N)CCC#N)C1=O. The highest BCUT2D eigenvalue weighted by Gasteiger charge is 2.49. The van der Waals surface area contributed by atoms with Crippen LogP contribution in [0.2, 0.25) is 0 Å². The van der Waals surface area contributed by atoms with Crippen LogP contribution >= 0.6 is 0 Å². The number of fused-ring (bicyclic) bond motifs is 1. The summed E-state index contributed by atoms with van der Waals surface area (Å²) < 4.78 is 0. The Bertz CT molecular complexity index is 805. The molecule has 0 spiro atoms. The maximum absolute atomic E-state index is 12.9. The Morgan fingerprint density at radius 3 is 2.76 bits per heavy atom. The zero-order valence-corrected chi connectivity index (χ0v) is 14.2. The maximum Gasteiger partial charge on any atom is 0.325 e. The molecule has 0 bridgehead atoms. The second-order valence-electron chi connectivity index (χ2n) is 6.83. The van der Waals surface area contributed by atoms with E-state index in [0.717, 1.165) is 29.7 Å². The molecule has 3 rings (SSSR count). The number of amides is 3. The van der Waals surface area contributed by atoms with Crippen molar-refractivity contribution in [3.63, 3.8) is 0 Å². The standard InChI is InChI=1S/C19H20N4O2/c1-19(16-8-7-14-5-2-6-15(14)10-16)17(24)23(18(25)22-19)12-13(11-21)4-3-9-20/h7-8,10,13H,2-6,12H2,1H3,(H,22,25)/t13-,19+/m0/s1. The fourth-order valence-electron chi connectivity index (χ4n) is 3.60. The highest BCUT2D eigenvalue weighted by atomic mass is 16.2. The molecule has 1 saturated heterocycles. The molecule has 0 radical (unpaired) electrons. The predicted molar refractivity (Wildman–Crippen MR) is 90.0 cm³/mol. The van der Waals surface area contributed by atoms with Crippen molar-refractivity contribution in [1.82, 2.24) is 10.2 Å². The summed E-state index contributed by atoms with van der Waals surface area (Å²) in [5, 5.41) is 20.7. The van der Waals surface area contributed by atoms with Gasteiger partial charge in [-0.25, -0.2) is 4.79 Å². The Morgan fingerprint density at radius 1 is 1.28 bits per heavy atom. The van der Waals surface area contributed by atoms with Crippen molar-refractivity contribution in [3.8, 4) is 12.1 Å². The van der Waals surface area contributed by atoms with Gasteiger partial charge in [-0.05, 0) is 49.3 Å². The lowest BCUT2D eigenvalue weighted by molar-refractivity contribution is -0.131. The summed E-state index contributed by atoms with van der Waals surface area (Å²) in [4.78, 5) is 26.4. The van der Waals surface area contributed by atoms with E-state index in [0.29, 0.717) is 6.42 Å². The van der Waals surface area contributed by atoms with Gasteiger partial charge in [0.2, 0.25) is 0 Å². The van der Waals surface area contributed by atoms with Crippen LogP contribution in [0, 0.1) is 28.6 Å². The Labute approximate surface area is 147 Å². The highest BCUT2D eigenvalue weighted by Crippen LogP contribution is 2.33. The highest BCUT2D eigenvalue weighted by molar-refractivity contribution is 6.07. The van der Waals surface area contributed by atoms with Crippen LogP contribution in [0.15, 0.2) is 18.2 Å². The van der Waals surface area contributed by atoms with E-state index >= 15 is 0 Å². The summed E-state index contributed by atoms with van der Waals surface area (Å²) in [5.74, 6) is -0.871. The van der Waals surface area contributed by atoms with Crippen LogP contribution in [0.1, 0.15) is 42.9 Å². The van der Waals surface area contributed by atoms with Crippen LogP contribution in [-0.2, 0) is 23.2 Å². The second kappa shape index (κ2) is 6.57. The molecule has 1 fully saturated rings. The van der Waals surface area contributed by atoms with Gasteiger partial charge in [-0.2, -0.15) is 10.5 Å². The van der Waals surface area contributed by atoms with Gasteiger partial charge < -0.3 is 5.32 Å². The van der Waals surface area contributed by atoms with Gasteiger partial charge >= 0.3 is 6.03 Å². The van der Waals surface area contributed by atoms with Gasteiger partial charge in [0.25, 0.3) is 5.91 Å². The number of carbonyl (C=O) groups excluding carboxylic acids is 2. The molecule has 1 aromatic carbocycles. The average Bonchev–Trinajstić information content (AvgIpc) is 3.16. The molecule has 1 aromatic rings. The number of nitriles is 2. The van der Waals surface area contributed by atoms with Crippen LogP contribution in [0.25, 0.3) is 0 Å². The van der Waals surface area contributed by atoms with E-state index in [1.807, 2.05) is 24.3 Å². The Balaban J connectivity index is 1.82. The van der Waals surface area contributed by atoms with Gasteiger partial charge in [0.15, 0.2) is 0 Å². The normalized spacial score (nSPS) is 22.9. The van der Waals surface area contributed by atoms with Crippen LogP contribution in [-0.4, -0.2) is 23.4 Å². The third-order valence-corrected chi connectivity index (χ3v) is 5.14. The third kappa shape index (κ3) is 2.96. The lowest BCUT2D eigenvalue weighted by Gasteiger charge is -2.23. The van der Waals surface area contributed by atoms with Gasteiger partial charge in [0, 0.05) is 13.0 Å². The van der Waals surface area contributed by atoms with E-state index in [2.05, 4.69) is 11.4 Å². The number of rotatable bonds is 5. The van der Waals surface area contributed by atoms with Crippen molar-refractivity contribution >= 4 is 11.9 Å². The first-order valence-electron chi connectivity index (χ1n) is 8.52. The van der Waals surface area contributed by atoms with E-state index in [4.69, 9.17) is 5.26 Å². The van der Waals surface area contributed by atoms with E-state index in [9.17, 15) is 14.9 Å². The molecule has 25 heavy (non-hydrogen) atoms. The number of hydrogen-bond acceptors (Lipinski definition) is 4. The number of nitrogens with one attached hydrogen (secondary N) is 1. The molecule has 0 aromatic heterocycles. The molecule has 1 aliphatic heterocycles. The topological polar surface area (TPSA) is 97.0 Å². The molecule has 1 N–H and O–H groups in total. The monoisotopic (exact) mass is 336 g/mol. The number of benzene rings is 1. The molecule has 1 heterocycles. The van der Waals surface area contributed by atoms with E-state index < -0.39 is 17.5 Å². The molecule has 6 nitrogen and oxygen atoms in total. The largest absolute Gasteiger partial charge is 0.325 e. The third-order valence-electron chi connectivity index (χ3n) is 5.14. The Morgan fingerprint density at radius 2 is 2.04 bits per heavy atom. The molecule has 1 aliphatic carbocycles. The Hall–Kier alpha value is -2.86. The van der Waals surface area contributed by atoms with Gasteiger partial charge in [-0.3, -0.25) is 9.69 Å². The molecular formula is C19H20N4O2. The summed E-state index contributed by atoms with van der Waals surface area (Å²) in [5.41, 5.74) is 2.22. The second-order valence-corrected chi connectivity index (χ2v) is 6.83. The molecule has 128 valence electrons. The summed E-state index contributed by atoms with van der Waals surface area (Å²) in [7, 11) is 0. The number of aryl methyl sites for hydroxylation is 2. The lowest BCUT2D eigenvalue weighted by Crippen LogP contribution is -2.41. The zero-order chi connectivity index (χ0) is 18.0. The number of carbonyl (C=O) groups is 2. The number of imide groups is 1. The summed E-state index contributed by atoms with van der Waals surface area (Å²) in [6.07, 6.45) is 3.74. The van der Waals surface area contributed by atoms with E-state index in [1.165, 1.54) is 11.1 Å². The first-order chi connectivity index (χ1) is 12.0. The minimum Gasteiger partial charge on any atom is -0.319 e. The molecule has 0 saturated carbocycles. The minimum absolute atomic E-state index is 0.0172. The van der Waals surface area contributed by atoms with Gasteiger partial charge in [-0.1, -0.05) is 18.2 Å². The minimum atomic E-state index is -1.11. The zero-order valence-electron chi connectivity index (χ0n) is 14.2. The fraction of sp³-hybridized carbons (Fsp3) is 0.474. The van der Waals surface area contributed by atoms with E-state index in [1.54, 1.807) is 6.92 Å². The first kappa shape index (κ1) is 17.0. The lowest BCUT2D eigenvalue weighted by atomic mass is 9.89. The van der Waals surface area contributed by atoms with Crippen molar-refractivity contribution in [2.24, 2.45) is 5.92 Å². The molecule has 3 amide bonds. The summed E-state index contributed by atoms with van der Waals surface area (Å²) in [6, 6.07) is 9.55. The van der Waals surface area contributed by atoms with Crippen LogP contribution in [0.4, 0.5) is 4.79 Å². The van der Waals surface area contributed by atoms with Crippen LogP contribution < -0.4 is 5.32 Å². The fourth-order valence-corrected chi connectivity index (χ4v) is 3.60.